The summed E-state index contributed by atoms with van der Waals surface area (Å²) >= 11 is 0. The molecule has 0 radical (unpaired) electrons. The first-order valence-corrected chi connectivity index (χ1v) is 13.3. The summed E-state index contributed by atoms with van der Waals surface area (Å²) in [4.78, 5) is 17.0. The maximum absolute atomic E-state index is 12.2. The Morgan fingerprint density at radius 3 is 2.37 bits per heavy atom. The Bertz CT molecular complexity index is 1300. The van der Waals surface area contributed by atoms with Crippen LogP contribution in [0.25, 0.3) is 22.6 Å². The van der Waals surface area contributed by atoms with Gasteiger partial charge < -0.3 is 19.2 Å². The van der Waals surface area contributed by atoms with Gasteiger partial charge in [-0.2, -0.15) is 0 Å². The second-order valence-electron chi connectivity index (χ2n) is 9.78. The minimum Gasteiger partial charge on any atom is -0.445 e. The molecule has 1 aliphatic carbocycles. The summed E-state index contributed by atoms with van der Waals surface area (Å²) < 4.78 is 17.5. The fourth-order valence-corrected chi connectivity index (χ4v) is 4.90. The van der Waals surface area contributed by atoms with Gasteiger partial charge >= 0.3 is 6.09 Å². The number of ether oxygens (including phenoxy) is 2. The van der Waals surface area contributed by atoms with Crippen LogP contribution in [0.4, 0.5) is 4.79 Å². The lowest BCUT2D eigenvalue weighted by atomic mass is 9.93. The van der Waals surface area contributed by atoms with Crippen LogP contribution in [-0.4, -0.2) is 29.8 Å². The number of hydrogen-bond donors (Lipinski definition) is 1. The van der Waals surface area contributed by atoms with E-state index in [0.717, 1.165) is 53.8 Å². The molecule has 1 amide bonds. The Balaban J connectivity index is 1.08. The number of amides is 1. The molecule has 0 saturated heterocycles. The Labute approximate surface area is 224 Å². The van der Waals surface area contributed by atoms with Crippen molar-refractivity contribution >= 4 is 6.09 Å². The maximum atomic E-state index is 12.2. The number of hydrogen-bond acceptors (Lipinski definition) is 5. The number of carbonyl (C=O) groups excluding carboxylic acids is 1. The van der Waals surface area contributed by atoms with Gasteiger partial charge in [0.2, 0.25) is 5.89 Å². The van der Waals surface area contributed by atoms with E-state index in [0.29, 0.717) is 18.9 Å². The van der Waals surface area contributed by atoms with E-state index >= 15 is 0 Å². The van der Waals surface area contributed by atoms with Gasteiger partial charge in [0.25, 0.3) is 0 Å². The second-order valence-corrected chi connectivity index (χ2v) is 9.78. The quantitative estimate of drug-likeness (QED) is 0.260. The van der Waals surface area contributed by atoms with Crippen LogP contribution < -0.4 is 5.32 Å². The molecule has 1 heterocycles. The van der Waals surface area contributed by atoms with Gasteiger partial charge in [-0.05, 0) is 61.4 Å². The smallest absolute Gasteiger partial charge is 0.407 e. The summed E-state index contributed by atoms with van der Waals surface area (Å²) in [7, 11) is 0. The molecule has 1 fully saturated rings. The molecule has 1 saturated carbocycles. The summed E-state index contributed by atoms with van der Waals surface area (Å²) in [6.07, 6.45) is 4.16. The van der Waals surface area contributed by atoms with Crippen LogP contribution in [0.3, 0.4) is 0 Å². The molecular weight excluding hydrogens is 476 g/mol. The van der Waals surface area contributed by atoms with Crippen molar-refractivity contribution in [2.24, 2.45) is 0 Å². The van der Waals surface area contributed by atoms with Crippen molar-refractivity contribution < 1.29 is 18.7 Å². The zero-order valence-electron chi connectivity index (χ0n) is 21.8. The molecule has 1 aromatic heterocycles. The summed E-state index contributed by atoms with van der Waals surface area (Å²) in [5, 5.41) is 3.00. The van der Waals surface area contributed by atoms with E-state index in [1.54, 1.807) is 0 Å². The minimum atomic E-state index is -0.373. The van der Waals surface area contributed by atoms with E-state index in [9.17, 15) is 4.79 Å². The minimum absolute atomic E-state index is 0.0660. The standard InChI is InChI=1S/C32H34N2O4/c1-23-30(34-31(38-23)27-17-15-26(16-18-27)25-11-6-3-7-12-25)19-20-36-29-14-8-13-28(21-29)33-32(35)37-22-24-9-4-2-5-10-24/h2-7,9-12,15-18,28-29H,8,13-14,19-22H2,1H3,(H,33,35). The van der Waals surface area contributed by atoms with Gasteiger partial charge in [-0.25, -0.2) is 9.78 Å². The van der Waals surface area contributed by atoms with Gasteiger partial charge in [0.15, 0.2) is 0 Å². The molecule has 2 unspecified atom stereocenters. The lowest BCUT2D eigenvalue weighted by molar-refractivity contribution is 0.0204. The zero-order chi connectivity index (χ0) is 26.2. The Hall–Kier alpha value is -3.90. The SMILES string of the molecule is Cc1oc(-c2ccc(-c3ccccc3)cc2)nc1CCOC1CCCC(NC(=O)OCc2ccccc2)C1. The Kier molecular flexibility index (Phi) is 8.51. The van der Waals surface area contributed by atoms with Gasteiger partial charge in [-0.15, -0.1) is 0 Å². The molecule has 2 atom stereocenters. The molecule has 6 heteroatoms. The number of aryl methyl sites for hydroxylation is 1. The average Bonchev–Trinajstić information content (AvgIpc) is 3.33. The van der Waals surface area contributed by atoms with Crippen molar-refractivity contribution in [2.45, 2.75) is 57.8 Å². The first kappa shape index (κ1) is 25.7. The maximum Gasteiger partial charge on any atom is 0.407 e. The summed E-state index contributed by atoms with van der Waals surface area (Å²) in [6.45, 7) is 2.79. The van der Waals surface area contributed by atoms with Crippen molar-refractivity contribution in [1.29, 1.82) is 0 Å². The van der Waals surface area contributed by atoms with Gasteiger partial charge in [-0.1, -0.05) is 72.8 Å². The number of carbonyl (C=O) groups is 1. The first-order chi connectivity index (χ1) is 18.6. The summed E-state index contributed by atoms with van der Waals surface area (Å²) in [5.41, 5.74) is 5.20. The summed E-state index contributed by atoms with van der Waals surface area (Å²) in [5.74, 6) is 1.45. The lowest BCUT2D eigenvalue weighted by Gasteiger charge is -2.29. The number of alkyl carbamates (subject to hydrolysis) is 1. The molecule has 1 N–H and O–H groups in total. The van der Waals surface area contributed by atoms with Crippen LogP contribution in [0.2, 0.25) is 0 Å². The Morgan fingerprint density at radius 2 is 1.61 bits per heavy atom. The number of rotatable bonds is 9. The molecular formula is C32H34N2O4. The predicted molar refractivity (Wildman–Crippen MR) is 148 cm³/mol. The largest absolute Gasteiger partial charge is 0.445 e. The average molecular weight is 511 g/mol. The van der Waals surface area contributed by atoms with Crippen LogP contribution in [-0.2, 0) is 22.5 Å². The fourth-order valence-electron chi connectivity index (χ4n) is 4.90. The third-order valence-electron chi connectivity index (χ3n) is 6.98. The topological polar surface area (TPSA) is 73.6 Å². The van der Waals surface area contributed by atoms with Crippen molar-refractivity contribution in [3.63, 3.8) is 0 Å². The van der Waals surface area contributed by atoms with Crippen molar-refractivity contribution in [3.05, 3.63) is 102 Å². The molecule has 0 bridgehead atoms. The third-order valence-corrected chi connectivity index (χ3v) is 6.98. The number of oxazole rings is 1. The number of nitrogens with one attached hydrogen (secondary N) is 1. The van der Waals surface area contributed by atoms with Gasteiger partial charge in [0.05, 0.1) is 18.4 Å². The fraction of sp³-hybridized carbons (Fsp3) is 0.312. The van der Waals surface area contributed by atoms with Gasteiger partial charge in [0.1, 0.15) is 12.4 Å². The molecule has 38 heavy (non-hydrogen) atoms. The van der Waals surface area contributed by atoms with E-state index in [-0.39, 0.29) is 24.8 Å². The summed E-state index contributed by atoms with van der Waals surface area (Å²) in [6, 6.07) is 28.4. The van der Waals surface area contributed by atoms with E-state index in [2.05, 4.69) is 29.6 Å². The van der Waals surface area contributed by atoms with Crippen LogP contribution in [0.1, 0.15) is 42.7 Å². The molecule has 4 aromatic rings. The molecule has 0 aliphatic heterocycles. The molecule has 3 aromatic carbocycles. The van der Waals surface area contributed by atoms with E-state index in [1.165, 1.54) is 5.56 Å². The first-order valence-electron chi connectivity index (χ1n) is 13.3. The van der Waals surface area contributed by atoms with Crippen molar-refractivity contribution in [2.75, 3.05) is 6.61 Å². The highest BCUT2D eigenvalue weighted by Gasteiger charge is 2.24. The van der Waals surface area contributed by atoms with Gasteiger partial charge in [-0.3, -0.25) is 0 Å². The van der Waals surface area contributed by atoms with Crippen LogP contribution >= 0.6 is 0 Å². The monoisotopic (exact) mass is 510 g/mol. The predicted octanol–water partition coefficient (Wildman–Crippen LogP) is 7.11. The third kappa shape index (κ3) is 6.90. The van der Waals surface area contributed by atoms with Crippen LogP contribution in [0.5, 0.6) is 0 Å². The number of aromatic nitrogens is 1. The molecule has 196 valence electrons. The second kappa shape index (κ2) is 12.6. The van der Waals surface area contributed by atoms with E-state index in [4.69, 9.17) is 18.9 Å². The zero-order valence-corrected chi connectivity index (χ0v) is 21.8. The van der Waals surface area contributed by atoms with E-state index in [1.807, 2.05) is 67.6 Å². The van der Waals surface area contributed by atoms with Crippen molar-refractivity contribution in [3.8, 4) is 22.6 Å². The highest BCUT2D eigenvalue weighted by molar-refractivity contribution is 5.68. The van der Waals surface area contributed by atoms with Crippen LogP contribution in [0, 0.1) is 6.92 Å². The van der Waals surface area contributed by atoms with Crippen molar-refractivity contribution in [1.82, 2.24) is 10.3 Å². The van der Waals surface area contributed by atoms with Gasteiger partial charge in [0, 0.05) is 18.0 Å². The highest BCUT2D eigenvalue weighted by Crippen LogP contribution is 2.27. The normalized spacial score (nSPS) is 17.2. The molecule has 6 nitrogen and oxygen atoms in total. The molecule has 0 spiro atoms. The van der Waals surface area contributed by atoms with E-state index < -0.39 is 0 Å². The lowest BCUT2D eigenvalue weighted by Crippen LogP contribution is -2.40. The molecule has 5 rings (SSSR count). The highest BCUT2D eigenvalue weighted by atomic mass is 16.5. The Morgan fingerprint density at radius 1 is 0.921 bits per heavy atom. The number of benzene rings is 3. The van der Waals surface area contributed by atoms with Crippen LogP contribution in [0.15, 0.2) is 89.3 Å². The molecule has 1 aliphatic rings. The number of nitrogens with zero attached hydrogens (tertiary/aromatic N) is 1.